The molecule has 0 spiro atoms. The molecule has 0 saturated carbocycles. The monoisotopic (exact) mass is 342 g/mol. The van der Waals surface area contributed by atoms with E-state index in [1.807, 2.05) is 31.2 Å². The standard InChI is InChI=1S/C18H19ClN4O/c1-11-21-17(12-4-5-24-10-12)8-18(22-11)20-9-15-7-13-6-14(19)2-3-16(13)23-15/h2-3,6-8,12,23H,4-5,9-10H2,1H3,(H,20,21,22)/t12-/m0/s1. The average molecular weight is 343 g/mol. The van der Waals surface area contributed by atoms with E-state index in [0.29, 0.717) is 12.5 Å². The number of anilines is 1. The van der Waals surface area contributed by atoms with Crippen LogP contribution in [0.25, 0.3) is 10.9 Å². The van der Waals surface area contributed by atoms with Gasteiger partial charge in [-0.15, -0.1) is 0 Å². The Labute approximate surface area is 145 Å². The number of rotatable bonds is 4. The SMILES string of the molecule is Cc1nc(NCc2cc3cc(Cl)ccc3[nH]2)cc([C@H]2CCOC2)n1. The van der Waals surface area contributed by atoms with E-state index in [1.165, 1.54) is 0 Å². The third kappa shape index (κ3) is 3.23. The summed E-state index contributed by atoms with van der Waals surface area (Å²) in [5, 5.41) is 5.24. The number of hydrogen-bond donors (Lipinski definition) is 2. The van der Waals surface area contributed by atoms with E-state index >= 15 is 0 Å². The molecular formula is C18H19ClN4O. The number of benzene rings is 1. The van der Waals surface area contributed by atoms with E-state index in [9.17, 15) is 0 Å². The summed E-state index contributed by atoms with van der Waals surface area (Å²) in [6, 6.07) is 9.99. The van der Waals surface area contributed by atoms with Crippen molar-refractivity contribution < 1.29 is 4.74 Å². The maximum Gasteiger partial charge on any atom is 0.130 e. The summed E-state index contributed by atoms with van der Waals surface area (Å²) in [6.45, 7) is 4.16. The molecule has 4 rings (SSSR count). The van der Waals surface area contributed by atoms with Crippen LogP contribution >= 0.6 is 11.6 Å². The molecule has 0 aliphatic carbocycles. The maximum absolute atomic E-state index is 6.04. The van der Waals surface area contributed by atoms with Crippen molar-refractivity contribution in [3.8, 4) is 0 Å². The molecule has 24 heavy (non-hydrogen) atoms. The molecule has 6 heteroatoms. The van der Waals surface area contributed by atoms with Crippen LogP contribution in [0, 0.1) is 6.92 Å². The van der Waals surface area contributed by atoms with Gasteiger partial charge in [0, 0.05) is 40.2 Å². The highest BCUT2D eigenvalue weighted by molar-refractivity contribution is 6.31. The van der Waals surface area contributed by atoms with Gasteiger partial charge in [-0.2, -0.15) is 0 Å². The van der Waals surface area contributed by atoms with Gasteiger partial charge in [-0.25, -0.2) is 9.97 Å². The Kier molecular flexibility index (Phi) is 4.12. The summed E-state index contributed by atoms with van der Waals surface area (Å²) in [6.07, 6.45) is 1.03. The predicted octanol–water partition coefficient (Wildman–Crippen LogP) is 4.04. The number of hydrogen-bond acceptors (Lipinski definition) is 4. The fourth-order valence-electron chi connectivity index (χ4n) is 3.10. The van der Waals surface area contributed by atoms with E-state index in [-0.39, 0.29) is 0 Å². The van der Waals surface area contributed by atoms with Crippen LogP contribution in [0.1, 0.15) is 29.6 Å². The van der Waals surface area contributed by atoms with Crippen molar-refractivity contribution in [1.82, 2.24) is 15.0 Å². The molecule has 1 atom stereocenters. The molecule has 0 unspecified atom stereocenters. The molecule has 3 heterocycles. The third-order valence-electron chi connectivity index (χ3n) is 4.30. The summed E-state index contributed by atoms with van der Waals surface area (Å²) >= 11 is 6.04. The van der Waals surface area contributed by atoms with Crippen LogP contribution in [0.5, 0.6) is 0 Å². The van der Waals surface area contributed by atoms with Gasteiger partial charge in [0.2, 0.25) is 0 Å². The second-order valence-corrected chi connectivity index (χ2v) is 6.60. The molecular weight excluding hydrogens is 324 g/mol. The summed E-state index contributed by atoms with van der Waals surface area (Å²) in [7, 11) is 0. The second-order valence-electron chi connectivity index (χ2n) is 6.17. The molecule has 1 aromatic carbocycles. The first kappa shape index (κ1) is 15.4. The molecule has 3 aromatic rings. The Bertz CT molecular complexity index is 871. The summed E-state index contributed by atoms with van der Waals surface area (Å²) < 4.78 is 5.47. The van der Waals surface area contributed by atoms with Gasteiger partial charge in [0.25, 0.3) is 0 Å². The smallest absolute Gasteiger partial charge is 0.130 e. The molecule has 2 aromatic heterocycles. The summed E-state index contributed by atoms with van der Waals surface area (Å²) in [4.78, 5) is 12.4. The van der Waals surface area contributed by atoms with Crippen molar-refractivity contribution in [2.45, 2.75) is 25.8 Å². The van der Waals surface area contributed by atoms with Gasteiger partial charge < -0.3 is 15.0 Å². The van der Waals surface area contributed by atoms with Gasteiger partial charge >= 0.3 is 0 Å². The molecule has 1 aliphatic heterocycles. The van der Waals surface area contributed by atoms with Gasteiger partial charge in [0.05, 0.1) is 18.8 Å². The van der Waals surface area contributed by atoms with Gasteiger partial charge in [-0.3, -0.25) is 0 Å². The lowest BCUT2D eigenvalue weighted by Crippen LogP contribution is -2.08. The van der Waals surface area contributed by atoms with Gasteiger partial charge in [-0.1, -0.05) is 11.6 Å². The summed E-state index contributed by atoms with van der Waals surface area (Å²) in [5.41, 5.74) is 3.24. The molecule has 5 nitrogen and oxygen atoms in total. The number of nitrogens with one attached hydrogen (secondary N) is 2. The van der Waals surface area contributed by atoms with E-state index in [1.54, 1.807) is 0 Å². The number of H-pyrrole nitrogens is 1. The predicted molar refractivity (Wildman–Crippen MR) is 95.6 cm³/mol. The van der Waals surface area contributed by atoms with Crippen molar-refractivity contribution in [2.24, 2.45) is 0 Å². The highest BCUT2D eigenvalue weighted by Gasteiger charge is 2.20. The molecule has 0 amide bonds. The minimum Gasteiger partial charge on any atom is -0.381 e. The van der Waals surface area contributed by atoms with Crippen LogP contribution < -0.4 is 5.32 Å². The fraction of sp³-hybridized carbons (Fsp3) is 0.333. The second kappa shape index (κ2) is 6.42. The van der Waals surface area contributed by atoms with Crippen molar-refractivity contribution in [1.29, 1.82) is 0 Å². The average Bonchev–Trinajstić information content (AvgIpc) is 3.21. The minimum atomic E-state index is 0.377. The quantitative estimate of drug-likeness (QED) is 0.751. The molecule has 1 aliphatic rings. The lowest BCUT2D eigenvalue weighted by atomic mass is 10.0. The first-order chi connectivity index (χ1) is 11.7. The molecule has 0 radical (unpaired) electrons. The van der Waals surface area contributed by atoms with E-state index < -0.39 is 0 Å². The zero-order valence-electron chi connectivity index (χ0n) is 13.5. The first-order valence-corrected chi connectivity index (χ1v) is 8.49. The Morgan fingerprint density at radius 1 is 1.29 bits per heavy atom. The Morgan fingerprint density at radius 2 is 2.21 bits per heavy atom. The normalized spacial score (nSPS) is 17.5. The van der Waals surface area contributed by atoms with Crippen LogP contribution in [0.2, 0.25) is 5.02 Å². The van der Waals surface area contributed by atoms with Crippen molar-refractivity contribution in [2.75, 3.05) is 18.5 Å². The highest BCUT2D eigenvalue weighted by atomic mass is 35.5. The Balaban J connectivity index is 1.51. The van der Waals surface area contributed by atoms with Crippen molar-refractivity contribution >= 4 is 28.3 Å². The fourth-order valence-corrected chi connectivity index (χ4v) is 3.28. The number of nitrogens with zero attached hydrogens (tertiary/aromatic N) is 2. The first-order valence-electron chi connectivity index (χ1n) is 8.12. The third-order valence-corrected chi connectivity index (χ3v) is 4.54. The van der Waals surface area contributed by atoms with E-state index in [4.69, 9.17) is 16.3 Å². The van der Waals surface area contributed by atoms with Crippen LogP contribution in [-0.4, -0.2) is 28.2 Å². The largest absolute Gasteiger partial charge is 0.381 e. The van der Waals surface area contributed by atoms with Gasteiger partial charge in [0.15, 0.2) is 0 Å². The number of halogens is 1. The zero-order valence-corrected chi connectivity index (χ0v) is 14.2. The van der Waals surface area contributed by atoms with Crippen LogP contribution in [0.3, 0.4) is 0 Å². The molecule has 1 fully saturated rings. The zero-order chi connectivity index (χ0) is 16.5. The van der Waals surface area contributed by atoms with Crippen molar-refractivity contribution in [3.05, 3.63) is 52.6 Å². The minimum absolute atomic E-state index is 0.377. The number of aromatic nitrogens is 3. The van der Waals surface area contributed by atoms with Crippen molar-refractivity contribution in [3.63, 3.8) is 0 Å². The molecule has 124 valence electrons. The van der Waals surface area contributed by atoms with Gasteiger partial charge in [-0.05, 0) is 37.6 Å². The number of aromatic amines is 1. The highest BCUT2D eigenvalue weighted by Crippen LogP contribution is 2.25. The molecule has 1 saturated heterocycles. The molecule has 0 bridgehead atoms. The van der Waals surface area contributed by atoms with E-state index in [2.05, 4.69) is 26.3 Å². The van der Waals surface area contributed by atoms with E-state index in [0.717, 1.165) is 58.6 Å². The lowest BCUT2D eigenvalue weighted by Gasteiger charge is -2.11. The van der Waals surface area contributed by atoms with Crippen LogP contribution in [0.4, 0.5) is 5.82 Å². The van der Waals surface area contributed by atoms with Crippen LogP contribution in [0.15, 0.2) is 30.3 Å². The summed E-state index contributed by atoms with van der Waals surface area (Å²) in [5.74, 6) is 2.01. The Hall–Kier alpha value is -2.11. The lowest BCUT2D eigenvalue weighted by molar-refractivity contribution is 0.193. The van der Waals surface area contributed by atoms with Gasteiger partial charge in [0.1, 0.15) is 11.6 Å². The topological polar surface area (TPSA) is 62.8 Å². The number of ether oxygens (including phenoxy) is 1. The number of fused-ring (bicyclic) bond motifs is 1. The Morgan fingerprint density at radius 3 is 3.04 bits per heavy atom. The maximum atomic E-state index is 6.04. The van der Waals surface area contributed by atoms with Crippen LogP contribution in [-0.2, 0) is 11.3 Å². The number of aryl methyl sites for hydroxylation is 1. The molecule has 2 N–H and O–H groups in total.